The predicted octanol–water partition coefficient (Wildman–Crippen LogP) is 5.17. The molecule has 1 aliphatic carbocycles. The van der Waals surface area contributed by atoms with Gasteiger partial charge in [-0.15, -0.1) is 11.3 Å². The second-order valence-corrected chi connectivity index (χ2v) is 7.19. The Kier molecular flexibility index (Phi) is 4.40. The van der Waals surface area contributed by atoms with Crippen LogP contribution in [0.15, 0.2) is 28.7 Å². The smallest absolute Gasteiger partial charge is 0.265 e. The number of hydrogen-bond acceptors (Lipinski definition) is 2. The monoisotopic (exact) mass is 367 g/mol. The summed E-state index contributed by atoms with van der Waals surface area (Å²) in [7, 11) is 0. The minimum atomic E-state index is -0.380. The molecule has 21 heavy (non-hydrogen) atoms. The Morgan fingerprint density at radius 1 is 1.19 bits per heavy atom. The first-order valence-corrected chi connectivity index (χ1v) is 8.62. The first-order chi connectivity index (χ1) is 10.1. The Hall–Kier alpha value is -1.20. The van der Waals surface area contributed by atoms with Gasteiger partial charge in [0.25, 0.3) is 5.91 Å². The van der Waals surface area contributed by atoms with E-state index in [4.69, 9.17) is 0 Å². The Labute approximate surface area is 135 Å². The van der Waals surface area contributed by atoms with E-state index in [1.54, 1.807) is 23.5 Å². The molecule has 1 amide bonds. The Balaban J connectivity index is 1.77. The molecule has 1 heterocycles. The van der Waals surface area contributed by atoms with Crippen LogP contribution in [0.3, 0.4) is 0 Å². The average Bonchev–Trinajstić information content (AvgIpc) is 2.74. The van der Waals surface area contributed by atoms with Crippen molar-refractivity contribution >= 4 is 38.9 Å². The van der Waals surface area contributed by atoms with Gasteiger partial charge in [-0.25, -0.2) is 4.39 Å². The van der Waals surface area contributed by atoms with Gasteiger partial charge in [0.1, 0.15) is 5.82 Å². The van der Waals surface area contributed by atoms with E-state index in [2.05, 4.69) is 21.2 Å². The number of benzene rings is 1. The largest absolute Gasteiger partial charge is 0.321 e. The number of carbonyl (C=O) groups is 1. The fourth-order valence-corrected chi connectivity index (χ4v) is 3.94. The summed E-state index contributed by atoms with van der Waals surface area (Å²) in [5.41, 5.74) is 1.79. The number of rotatable bonds is 2. The number of nitrogens with one attached hydrogen (secondary N) is 1. The highest BCUT2D eigenvalue weighted by Gasteiger charge is 2.16. The number of fused-ring (bicyclic) bond motifs is 1. The van der Waals surface area contributed by atoms with E-state index in [0.29, 0.717) is 15.0 Å². The Morgan fingerprint density at radius 3 is 2.81 bits per heavy atom. The molecule has 5 heteroatoms. The van der Waals surface area contributed by atoms with Gasteiger partial charge in [0, 0.05) is 10.6 Å². The van der Waals surface area contributed by atoms with Crippen LogP contribution in [0.5, 0.6) is 0 Å². The lowest BCUT2D eigenvalue weighted by Crippen LogP contribution is -2.10. The summed E-state index contributed by atoms with van der Waals surface area (Å²) in [5.74, 6) is -0.537. The number of anilines is 1. The number of hydrogen-bond donors (Lipinski definition) is 1. The van der Waals surface area contributed by atoms with E-state index in [1.807, 2.05) is 6.07 Å². The zero-order chi connectivity index (χ0) is 14.8. The zero-order valence-corrected chi connectivity index (χ0v) is 13.8. The van der Waals surface area contributed by atoms with Crippen LogP contribution >= 0.6 is 27.3 Å². The normalized spacial score (nSPS) is 14.4. The molecule has 0 bridgehead atoms. The van der Waals surface area contributed by atoms with Crippen molar-refractivity contribution in [2.75, 3.05) is 5.32 Å². The van der Waals surface area contributed by atoms with Crippen molar-refractivity contribution in [3.05, 3.63) is 49.9 Å². The van der Waals surface area contributed by atoms with Gasteiger partial charge >= 0.3 is 0 Å². The molecular formula is C16H15BrFNOS. The maximum absolute atomic E-state index is 13.5. The lowest BCUT2D eigenvalue weighted by molar-refractivity contribution is 0.103. The van der Waals surface area contributed by atoms with Gasteiger partial charge in [0.15, 0.2) is 0 Å². The summed E-state index contributed by atoms with van der Waals surface area (Å²) in [4.78, 5) is 14.3. The van der Waals surface area contributed by atoms with Crippen LogP contribution in [0, 0.1) is 5.82 Å². The first-order valence-electron chi connectivity index (χ1n) is 7.01. The van der Waals surface area contributed by atoms with Crippen LogP contribution in [-0.4, -0.2) is 5.91 Å². The lowest BCUT2D eigenvalue weighted by Gasteiger charge is -2.04. The van der Waals surface area contributed by atoms with Gasteiger partial charge in [-0.1, -0.05) is 6.42 Å². The van der Waals surface area contributed by atoms with E-state index in [9.17, 15) is 9.18 Å². The van der Waals surface area contributed by atoms with E-state index in [-0.39, 0.29) is 11.7 Å². The number of amides is 1. The molecule has 0 saturated heterocycles. The standard InChI is InChI=1S/C16H15BrFNOS/c17-12-7-6-11(9-13(12)18)19-16(20)15-8-10-4-2-1-3-5-14(10)21-15/h6-9H,1-5H2,(H,19,20). The third-order valence-electron chi connectivity index (χ3n) is 3.65. The van der Waals surface area contributed by atoms with E-state index >= 15 is 0 Å². The number of thiophene rings is 1. The second kappa shape index (κ2) is 6.28. The number of aryl methyl sites for hydroxylation is 2. The maximum Gasteiger partial charge on any atom is 0.265 e. The van der Waals surface area contributed by atoms with Crippen molar-refractivity contribution in [1.82, 2.24) is 0 Å². The van der Waals surface area contributed by atoms with E-state index < -0.39 is 0 Å². The molecule has 0 fully saturated rings. The summed E-state index contributed by atoms with van der Waals surface area (Å²) in [6.45, 7) is 0. The van der Waals surface area contributed by atoms with Crippen molar-refractivity contribution in [3.63, 3.8) is 0 Å². The van der Waals surface area contributed by atoms with Crippen molar-refractivity contribution in [2.45, 2.75) is 32.1 Å². The fourth-order valence-electron chi connectivity index (χ4n) is 2.55. The SMILES string of the molecule is O=C(Nc1ccc(Br)c(F)c1)c1cc2c(s1)CCCCC2. The van der Waals surface area contributed by atoms with Gasteiger partial charge in [0.2, 0.25) is 0 Å². The molecule has 0 aliphatic heterocycles. The highest BCUT2D eigenvalue weighted by Crippen LogP contribution is 2.29. The van der Waals surface area contributed by atoms with Crippen LogP contribution in [0.1, 0.15) is 39.4 Å². The summed E-state index contributed by atoms with van der Waals surface area (Å²) < 4.78 is 13.9. The average molecular weight is 368 g/mol. The molecule has 1 N–H and O–H groups in total. The van der Waals surface area contributed by atoms with Gasteiger partial charge in [0.05, 0.1) is 9.35 Å². The summed E-state index contributed by atoms with van der Waals surface area (Å²) in [5, 5.41) is 2.76. The van der Waals surface area contributed by atoms with Gasteiger partial charge in [-0.2, -0.15) is 0 Å². The highest BCUT2D eigenvalue weighted by molar-refractivity contribution is 9.10. The maximum atomic E-state index is 13.5. The van der Waals surface area contributed by atoms with E-state index in [1.165, 1.54) is 35.8 Å². The van der Waals surface area contributed by atoms with Crippen molar-refractivity contribution in [2.24, 2.45) is 0 Å². The van der Waals surface area contributed by atoms with Crippen molar-refractivity contribution in [3.8, 4) is 0 Å². The minimum Gasteiger partial charge on any atom is -0.321 e. The van der Waals surface area contributed by atoms with Crippen LogP contribution in [0.2, 0.25) is 0 Å². The van der Waals surface area contributed by atoms with Gasteiger partial charge in [-0.3, -0.25) is 4.79 Å². The quantitative estimate of drug-likeness (QED) is 0.728. The molecule has 0 unspecified atom stereocenters. The number of halogens is 2. The van der Waals surface area contributed by atoms with Crippen molar-refractivity contribution < 1.29 is 9.18 Å². The Bertz CT molecular complexity index is 659. The van der Waals surface area contributed by atoms with Crippen molar-refractivity contribution in [1.29, 1.82) is 0 Å². The summed E-state index contributed by atoms with van der Waals surface area (Å²) in [6.07, 6.45) is 5.79. The van der Waals surface area contributed by atoms with Crippen LogP contribution < -0.4 is 5.32 Å². The minimum absolute atomic E-state index is 0.158. The molecule has 0 saturated carbocycles. The summed E-state index contributed by atoms with van der Waals surface area (Å²) >= 11 is 4.67. The fraction of sp³-hybridized carbons (Fsp3) is 0.312. The van der Waals surface area contributed by atoms with Crippen LogP contribution in [-0.2, 0) is 12.8 Å². The molecular weight excluding hydrogens is 353 g/mol. The molecule has 3 rings (SSSR count). The molecule has 0 spiro atoms. The Morgan fingerprint density at radius 2 is 2.00 bits per heavy atom. The van der Waals surface area contributed by atoms with Crippen LogP contribution in [0.4, 0.5) is 10.1 Å². The summed E-state index contributed by atoms with van der Waals surface area (Å²) in [6, 6.07) is 6.59. The molecule has 0 atom stereocenters. The molecule has 110 valence electrons. The zero-order valence-electron chi connectivity index (χ0n) is 11.4. The molecule has 0 radical (unpaired) electrons. The molecule has 1 aromatic carbocycles. The van der Waals surface area contributed by atoms with Gasteiger partial charge < -0.3 is 5.32 Å². The lowest BCUT2D eigenvalue weighted by atomic mass is 10.1. The van der Waals surface area contributed by atoms with Gasteiger partial charge in [-0.05, 0) is 71.4 Å². The van der Waals surface area contributed by atoms with E-state index in [0.717, 1.165) is 12.8 Å². The van der Waals surface area contributed by atoms with Crippen LogP contribution in [0.25, 0.3) is 0 Å². The predicted molar refractivity (Wildman–Crippen MR) is 87.6 cm³/mol. The molecule has 1 aliphatic rings. The molecule has 2 nitrogen and oxygen atoms in total. The third-order valence-corrected chi connectivity index (χ3v) is 5.53. The number of carbonyl (C=O) groups excluding carboxylic acids is 1. The highest BCUT2D eigenvalue weighted by atomic mass is 79.9. The molecule has 1 aromatic heterocycles. The topological polar surface area (TPSA) is 29.1 Å². The molecule has 2 aromatic rings. The first kappa shape index (κ1) is 14.7. The third kappa shape index (κ3) is 3.35. The second-order valence-electron chi connectivity index (χ2n) is 5.20.